The molecule has 0 saturated carbocycles. The van der Waals surface area contributed by atoms with Crippen molar-refractivity contribution < 1.29 is 5.11 Å². The van der Waals surface area contributed by atoms with Crippen molar-refractivity contribution in [2.75, 3.05) is 19.6 Å². The summed E-state index contributed by atoms with van der Waals surface area (Å²) in [5.41, 5.74) is 4.72. The molecule has 0 bridgehead atoms. The molecule has 0 saturated heterocycles. The largest absolute Gasteiger partial charge is 0.386 e. The maximum Gasteiger partial charge on any atom is 0.191 e. The van der Waals surface area contributed by atoms with Gasteiger partial charge in [-0.3, -0.25) is 9.98 Å². The van der Waals surface area contributed by atoms with Crippen LogP contribution in [0.1, 0.15) is 35.3 Å². The normalized spacial score (nSPS) is 12.7. The lowest BCUT2D eigenvalue weighted by Crippen LogP contribution is -2.38. The molecule has 2 aromatic rings. The van der Waals surface area contributed by atoms with E-state index in [1.165, 1.54) is 16.7 Å². The van der Waals surface area contributed by atoms with Gasteiger partial charge in [0.05, 0.1) is 12.6 Å². The van der Waals surface area contributed by atoms with Crippen molar-refractivity contribution in [3.63, 3.8) is 0 Å². The number of benzene rings is 1. The van der Waals surface area contributed by atoms with Crippen LogP contribution in [-0.2, 0) is 6.42 Å². The first-order valence-electron chi connectivity index (χ1n) is 8.76. The molecule has 5 nitrogen and oxygen atoms in total. The lowest BCUT2D eigenvalue weighted by atomic mass is 10.1. The topological polar surface area (TPSA) is 69.5 Å². The van der Waals surface area contributed by atoms with Crippen LogP contribution in [-0.4, -0.2) is 35.7 Å². The van der Waals surface area contributed by atoms with Crippen LogP contribution in [0, 0.1) is 13.8 Å². The lowest BCUT2D eigenvalue weighted by Gasteiger charge is -2.13. The Labute approximate surface area is 150 Å². The Kier molecular flexibility index (Phi) is 7.41. The third-order valence-electron chi connectivity index (χ3n) is 3.85. The van der Waals surface area contributed by atoms with Gasteiger partial charge in [-0.2, -0.15) is 0 Å². The van der Waals surface area contributed by atoms with Crippen LogP contribution in [0.2, 0.25) is 0 Å². The molecule has 0 aliphatic heterocycles. The highest BCUT2D eigenvalue weighted by Crippen LogP contribution is 2.11. The minimum atomic E-state index is -0.627. The standard InChI is InChI=1S/C20H28N4O/c1-4-22-20(24-14-19(25)18-6-8-21-9-7-18)23-10-5-17-12-15(2)11-16(3)13-17/h6-9,11-13,19,25H,4-5,10,14H2,1-3H3,(H2,22,23,24). The van der Waals surface area contributed by atoms with Gasteiger partial charge in [0.25, 0.3) is 0 Å². The molecule has 0 spiro atoms. The molecule has 0 aliphatic carbocycles. The van der Waals surface area contributed by atoms with E-state index in [2.05, 4.69) is 52.7 Å². The van der Waals surface area contributed by atoms with Gasteiger partial charge < -0.3 is 15.7 Å². The number of aliphatic imine (C=N–C) groups is 1. The Morgan fingerprint density at radius 1 is 1.12 bits per heavy atom. The van der Waals surface area contributed by atoms with E-state index in [0.717, 1.165) is 31.0 Å². The predicted molar refractivity (Wildman–Crippen MR) is 103 cm³/mol. The molecular formula is C20H28N4O. The summed E-state index contributed by atoms with van der Waals surface area (Å²) < 4.78 is 0. The number of hydrogen-bond donors (Lipinski definition) is 3. The SMILES string of the molecule is CCNC(=NCC(O)c1ccncc1)NCCc1cc(C)cc(C)c1. The molecule has 2 rings (SSSR count). The highest BCUT2D eigenvalue weighted by Gasteiger charge is 2.07. The first kappa shape index (κ1) is 18.9. The average molecular weight is 340 g/mol. The summed E-state index contributed by atoms with van der Waals surface area (Å²) in [7, 11) is 0. The van der Waals surface area contributed by atoms with Crippen molar-refractivity contribution in [2.45, 2.75) is 33.3 Å². The molecule has 25 heavy (non-hydrogen) atoms. The molecule has 0 aliphatic rings. The third-order valence-corrected chi connectivity index (χ3v) is 3.85. The molecule has 5 heteroatoms. The van der Waals surface area contributed by atoms with Crippen LogP contribution >= 0.6 is 0 Å². The Bertz CT molecular complexity index is 665. The molecule has 1 aromatic heterocycles. The highest BCUT2D eigenvalue weighted by molar-refractivity contribution is 5.79. The van der Waals surface area contributed by atoms with Crippen LogP contribution in [0.25, 0.3) is 0 Å². The van der Waals surface area contributed by atoms with Crippen molar-refractivity contribution in [1.82, 2.24) is 15.6 Å². The van der Waals surface area contributed by atoms with E-state index < -0.39 is 6.10 Å². The number of nitrogens with zero attached hydrogens (tertiary/aromatic N) is 2. The predicted octanol–water partition coefficient (Wildman–Crippen LogP) is 2.53. The van der Waals surface area contributed by atoms with E-state index in [1.807, 2.05) is 6.92 Å². The van der Waals surface area contributed by atoms with E-state index in [1.54, 1.807) is 24.5 Å². The number of aliphatic hydroxyl groups excluding tert-OH is 1. The van der Waals surface area contributed by atoms with Gasteiger partial charge >= 0.3 is 0 Å². The monoisotopic (exact) mass is 340 g/mol. The molecule has 1 aromatic carbocycles. The number of aromatic nitrogens is 1. The second-order valence-corrected chi connectivity index (χ2v) is 6.19. The molecule has 0 radical (unpaired) electrons. The number of aryl methyl sites for hydroxylation is 2. The van der Waals surface area contributed by atoms with Crippen LogP contribution in [0.15, 0.2) is 47.7 Å². The van der Waals surface area contributed by atoms with E-state index in [4.69, 9.17) is 0 Å². The summed E-state index contributed by atoms with van der Waals surface area (Å²) >= 11 is 0. The fourth-order valence-corrected chi connectivity index (χ4v) is 2.75. The molecule has 0 amide bonds. The van der Waals surface area contributed by atoms with Gasteiger partial charge in [-0.15, -0.1) is 0 Å². The summed E-state index contributed by atoms with van der Waals surface area (Å²) in [6.45, 7) is 8.15. The zero-order valence-corrected chi connectivity index (χ0v) is 15.3. The van der Waals surface area contributed by atoms with Gasteiger partial charge in [0.1, 0.15) is 0 Å². The van der Waals surface area contributed by atoms with Crippen molar-refractivity contribution >= 4 is 5.96 Å². The van der Waals surface area contributed by atoms with Crippen LogP contribution in [0.5, 0.6) is 0 Å². The summed E-state index contributed by atoms with van der Waals surface area (Å²) in [6.07, 6.45) is 3.66. The number of aliphatic hydroxyl groups is 1. The molecule has 3 N–H and O–H groups in total. The number of guanidine groups is 1. The van der Waals surface area contributed by atoms with E-state index in [0.29, 0.717) is 6.54 Å². The summed E-state index contributed by atoms with van der Waals surface area (Å²) in [6, 6.07) is 10.2. The zero-order chi connectivity index (χ0) is 18.1. The molecule has 1 unspecified atom stereocenters. The maximum atomic E-state index is 10.2. The van der Waals surface area contributed by atoms with E-state index >= 15 is 0 Å². The minimum Gasteiger partial charge on any atom is -0.386 e. The van der Waals surface area contributed by atoms with Gasteiger partial charge in [-0.25, -0.2) is 0 Å². The Balaban J connectivity index is 1.89. The lowest BCUT2D eigenvalue weighted by molar-refractivity contribution is 0.187. The number of rotatable bonds is 7. The van der Waals surface area contributed by atoms with E-state index in [9.17, 15) is 5.11 Å². The van der Waals surface area contributed by atoms with Crippen LogP contribution in [0.3, 0.4) is 0 Å². The molecule has 1 atom stereocenters. The second kappa shape index (κ2) is 9.79. The fraction of sp³-hybridized carbons (Fsp3) is 0.400. The molecule has 134 valence electrons. The number of hydrogen-bond acceptors (Lipinski definition) is 3. The van der Waals surface area contributed by atoms with Crippen molar-refractivity contribution in [3.05, 3.63) is 65.0 Å². The minimum absolute atomic E-state index is 0.308. The van der Waals surface area contributed by atoms with Crippen LogP contribution < -0.4 is 10.6 Å². The Hall–Kier alpha value is -2.40. The van der Waals surface area contributed by atoms with Gasteiger partial charge in [-0.05, 0) is 50.5 Å². The first-order valence-corrected chi connectivity index (χ1v) is 8.76. The van der Waals surface area contributed by atoms with Gasteiger partial charge in [0.15, 0.2) is 5.96 Å². The summed E-state index contributed by atoms with van der Waals surface area (Å²) in [5.74, 6) is 0.722. The molecule has 0 fully saturated rings. The van der Waals surface area contributed by atoms with Crippen LogP contribution in [0.4, 0.5) is 0 Å². The second-order valence-electron chi connectivity index (χ2n) is 6.19. The Morgan fingerprint density at radius 3 is 2.44 bits per heavy atom. The van der Waals surface area contributed by atoms with Gasteiger partial charge in [-0.1, -0.05) is 29.3 Å². The molecule has 1 heterocycles. The van der Waals surface area contributed by atoms with Gasteiger partial charge in [0.2, 0.25) is 0 Å². The smallest absolute Gasteiger partial charge is 0.191 e. The zero-order valence-electron chi connectivity index (χ0n) is 15.3. The van der Waals surface area contributed by atoms with Gasteiger partial charge in [0, 0.05) is 25.5 Å². The van der Waals surface area contributed by atoms with Crippen molar-refractivity contribution in [3.8, 4) is 0 Å². The van der Waals surface area contributed by atoms with E-state index in [-0.39, 0.29) is 0 Å². The van der Waals surface area contributed by atoms with Crippen molar-refractivity contribution in [1.29, 1.82) is 0 Å². The summed E-state index contributed by atoms with van der Waals surface area (Å²) in [5, 5.41) is 16.8. The quantitative estimate of drug-likeness (QED) is 0.535. The molecular weight excluding hydrogens is 312 g/mol. The third kappa shape index (κ3) is 6.55. The highest BCUT2D eigenvalue weighted by atomic mass is 16.3. The maximum absolute atomic E-state index is 10.2. The fourth-order valence-electron chi connectivity index (χ4n) is 2.75. The Morgan fingerprint density at radius 2 is 1.80 bits per heavy atom. The first-order chi connectivity index (χ1) is 12.1. The van der Waals surface area contributed by atoms with Crippen molar-refractivity contribution in [2.24, 2.45) is 4.99 Å². The summed E-state index contributed by atoms with van der Waals surface area (Å²) in [4.78, 5) is 8.44. The number of nitrogens with one attached hydrogen (secondary N) is 2. The number of pyridine rings is 1. The average Bonchev–Trinajstić information content (AvgIpc) is 2.59.